The number of rotatable bonds is 12. The van der Waals surface area contributed by atoms with Crippen molar-refractivity contribution in [2.24, 2.45) is 0 Å². The van der Waals surface area contributed by atoms with Crippen LogP contribution in [-0.4, -0.2) is 49.8 Å². The molecule has 0 aliphatic carbocycles. The fraction of sp³-hybridized carbons (Fsp3) is 0.400. The topological polar surface area (TPSA) is 108 Å². The lowest BCUT2D eigenvalue weighted by molar-refractivity contribution is -0.138. The van der Waals surface area contributed by atoms with Gasteiger partial charge in [-0.2, -0.15) is 0 Å². The highest BCUT2D eigenvalue weighted by atomic mass is 32.2. The quantitative estimate of drug-likeness (QED) is 0.342. The second-order valence-electron chi connectivity index (χ2n) is 8.50. The van der Waals surface area contributed by atoms with E-state index in [9.17, 15) is 14.7 Å². The summed E-state index contributed by atoms with van der Waals surface area (Å²) in [5, 5.41) is 14.2. The zero-order valence-corrected chi connectivity index (χ0v) is 22.1. The maximum atomic E-state index is 12.1. The van der Waals surface area contributed by atoms with Gasteiger partial charge in [0.15, 0.2) is 4.34 Å². The van der Waals surface area contributed by atoms with Gasteiger partial charge in [-0.15, -0.1) is 11.3 Å². The Morgan fingerprint density at radius 3 is 2.40 bits per heavy atom. The molecule has 1 aromatic carbocycles. The minimum atomic E-state index is -0.934. The van der Waals surface area contributed by atoms with Crippen LogP contribution >= 0.6 is 23.1 Å². The molecule has 1 amide bonds. The van der Waals surface area contributed by atoms with Crippen molar-refractivity contribution in [1.29, 1.82) is 0 Å². The van der Waals surface area contributed by atoms with Crippen molar-refractivity contribution in [2.75, 3.05) is 18.0 Å². The van der Waals surface area contributed by atoms with Crippen LogP contribution in [0.3, 0.4) is 0 Å². The summed E-state index contributed by atoms with van der Waals surface area (Å²) in [6.45, 7) is 9.12. The van der Waals surface area contributed by atoms with Gasteiger partial charge in [0, 0.05) is 49.4 Å². The van der Waals surface area contributed by atoms with Gasteiger partial charge in [-0.05, 0) is 50.5 Å². The third kappa shape index (κ3) is 7.50. The number of hydrogen-bond acceptors (Lipinski definition) is 8. The van der Waals surface area contributed by atoms with Gasteiger partial charge in [0.05, 0.1) is 5.69 Å². The molecule has 0 fully saturated rings. The molecule has 35 heavy (non-hydrogen) atoms. The van der Waals surface area contributed by atoms with E-state index in [1.165, 1.54) is 23.1 Å². The number of hydrogen-bond donors (Lipinski definition) is 2. The number of thioether (sulfide) groups is 1. The van der Waals surface area contributed by atoms with Gasteiger partial charge >= 0.3 is 5.97 Å². The average Bonchev–Trinajstić information content (AvgIpc) is 3.28. The van der Waals surface area contributed by atoms with Gasteiger partial charge < -0.3 is 15.3 Å². The number of thiazole rings is 1. The maximum absolute atomic E-state index is 12.1. The van der Waals surface area contributed by atoms with Gasteiger partial charge in [0.2, 0.25) is 5.95 Å². The largest absolute Gasteiger partial charge is 0.480 e. The molecule has 3 rings (SSSR count). The monoisotopic (exact) mass is 513 g/mol. The van der Waals surface area contributed by atoms with Crippen molar-refractivity contribution in [3.05, 3.63) is 64.4 Å². The lowest BCUT2D eigenvalue weighted by Crippen LogP contribution is -2.27. The summed E-state index contributed by atoms with van der Waals surface area (Å²) in [6.07, 6.45) is 5.23. The Balaban J connectivity index is 1.73. The first kappa shape index (κ1) is 26.6. The van der Waals surface area contributed by atoms with Crippen LogP contribution < -0.4 is 10.2 Å². The maximum Gasteiger partial charge on any atom is 0.319 e. The molecule has 0 unspecified atom stereocenters. The van der Waals surface area contributed by atoms with E-state index in [0.717, 1.165) is 27.6 Å². The van der Waals surface area contributed by atoms with Crippen LogP contribution in [0.15, 0.2) is 46.4 Å². The van der Waals surface area contributed by atoms with E-state index in [2.05, 4.69) is 32.1 Å². The minimum Gasteiger partial charge on any atom is -0.480 e. The molecule has 3 aromatic rings. The van der Waals surface area contributed by atoms with E-state index in [1.54, 1.807) is 13.8 Å². The minimum absolute atomic E-state index is 0.0855. The summed E-state index contributed by atoms with van der Waals surface area (Å²) >= 11 is 2.72. The molecule has 2 heterocycles. The average molecular weight is 514 g/mol. The Morgan fingerprint density at radius 1 is 1.11 bits per heavy atom. The zero-order chi connectivity index (χ0) is 25.4. The second kappa shape index (κ2) is 12.1. The summed E-state index contributed by atoms with van der Waals surface area (Å²) in [4.78, 5) is 39.3. The number of aromatic nitrogens is 3. The van der Waals surface area contributed by atoms with E-state index < -0.39 is 10.7 Å². The van der Waals surface area contributed by atoms with Crippen molar-refractivity contribution >= 4 is 40.9 Å². The van der Waals surface area contributed by atoms with Gasteiger partial charge in [0.25, 0.3) is 5.91 Å². The molecule has 186 valence electrons. The highest BCUT2D eigenvalue weighted by Crippen LogP contribution is 2.34. The first-order valence-corrected chi connectivity index (χ1v) is 13.2. The summed E-state index contributed by atoms with van der Waals surface area (Å²) in [5.74, 6) is -0.319. The molecule has 0 aliphatic rings. The zero-order valence-electron chi connectivity index (χ0n) is 20.4. The molecular weight excluding hydrogens is 482 g/mol. The first-order valence-electron chi connectivity index (χ1n) is 11.5. The highest BCUT2D eigenvalue weighted by molar-refractivity contribution is 8.03. The van der Waals surface area contributed by atoms with E-state index in [1.807, 2.05) is 49.0 Å². The predicted molar refractivity (Wildman–Crippen MR) is 140 cm³/mol. The van der Waals surface area contributed by atoms with Crippen LogP contribution in [0.1, 0.15) is 54.9 Å². The number of carbonyl (C=O) groups is 2. The SMILES string of the molecule is CCNC(=O)c1ccc(CN(CCc2csc(SC(C)(C)C(=O)O)n2)c2ncc(CC)cn2)cc1. The van der Waals surface area contributed by atoms with Crippen molar-refractivity contribution in [2.45, 2.75) is 56.2 Å². The fourth-order valence-corrected chi connectivity index (χ4v) is 5.38. The molecule has 0 aliphatic heterocycles. The van der Waals surface area contributed by atoms with Crippen LogP contribution in [0.5, 0.6) is 0 Å². The lowest BCUT2D eigenvalue weighted by atomic mass is 10.1. The molecule has 10 heteroatoms. The number of benzene rings is 1. The third-order valence-electron chi connectivity index (χ3n) is 5.34. The Bertz CT molecular complexity index is 1130. The molecule has 0 spiro atoms. The van der Waals surface area contributed by atoms with Crippen LogP contribution in [-0.2, 0) is 24.2 Å². The van der Waals surface area contributed by atoms with Crippen molar-refractivity contribution in [1.82, 2.24) is 20.3 Å². The molecule has 0 radical (unpaired) electrons. The molecular formula is C25H31N5O3S2. The van der Waals surface area contributed by atoms with Gasteiger partial charge in [-0.25, -0.2) is 15.0 Å². The first-order chi connectivity index (χ1) is 16.7. The van der Waals surface area contributed by atoms with E-state index in [-0.39, 0.29) is 5.91 Å². The summed E-state index contributed by atoms with van der Waals surface area (Å²) < 4.78 is -0.195. The van der Waals surface area contributed by atoms with Crippen LogP contribution in [0.4, 0.5) is 5.95 Å². The number of aliphatic carboxylic acids is 1. The number of carboxylic acid groups (broad SMARTS) is 1. The van der Waals surface area contributed by atoms with Gasteiger partial charge in [0.1, 0.15) is 4.75 Å². The standard InChI is InChI=1S/C25H31N5O3S2/c1-5-17-13-27-23(28-14-17)30(15-18-7-9-19(10-8-18)21(31)26-6-2)12-11-20-16-34-24(29-20)35-25(3,4)22(32)33/h7-10,13-14,16H,5-6,11-12,15H2,1-4H3,(H,26,31)(H,32,33). The summed E-state index contributed by atoms with van der Waals surface area (Å²) in [7, 11) is 0. The molecule has 0 atom stereocenters. The second-order valence-corrected chi connectivity index (χ2v) is 11.2. The van der Waals surface area contributed by atoms with E-state index >= 15 is 0 Å². The normalized spacial score (nSPS) is 11.3. The van der Waals surface area contributed by atoms with Crippen molar-refractivity contribution in [3.63, 3.8) is 0 Å². The number of carboxylic acids is 1. The number of anilines is 1. The molecule has 2 N–H and O–H groups in total. The Hall–Kier alpha value is -2.98. The van der Waals surface area contributed by atoms with Crippen molar-refractivity contribution in [3.8, 4) is 0 Å². The predicted octanol–water partition coefficient (Wildman–Crippen LogP) is 4.45. The Morgan fingerprint density at radius 2 is 1.80 bits per heavy atom. The fourth-order valence-electron chi connectivity index (χ4n) is 3.15. The molecule has 0 bridgehead atoms. The van der Waals surface area contributed by atoms with Crippen molar-refractivity contribution < 1.29 is 14.7 Å². The highest BCUT2D eigenvalue weighted by Gasteiger charge is 2.29. The molecule has 0 saturated carbocycles. The number of amides is 1. The summed E-state index contributed by atoms with van der Waals surface area (Å²) in [5.41, 5.74) is 3.64. The third-order valence-corrected chi connectivity index (χ3v) is 7.51. The number of carbonyl (C=O) groups excluding carboxylic acids is 1. The Kier molecular flexibility index (Phi) is 9.22. The lowest BCUT2D eigenvalue weighted by Gasteiger charge is -2.22. The van der Waals surface area contributed by atoms with E-state index in [4.69, 9.17) is 0 Å². The Labute approximate surface area is 214 Å². The number of nitrogens with one attached hydrogen (secondary N) is 1. The van der Waals surface area contributed by atoms with Gasteiger partial charge in [-0.1, -0.05) is 30.8 Å². The molecule has 0 saturated heterocycles. The van der Waals surface area contributed by atoms with Gasteiger partial charge in [-0.3, -0.25) is 9.59 Å². The van der Waals surface area contributed by atoms with Crippen LogP contribution in [0, 0.1) is 0 Å². The molecule has 2 aromatic heterocycles. The number of nitrogens with zero attached hydrogens (tertiary/aromatic N) is 4. The smallest absolute Gasteiger partial charge is 0.319 e. The molecule has 8 nitrogen and oxygen atoms in total. The number of aryl methyl sites for hydroxylation is 1. The van der Waals surface area contributed by atoms with Crippen LogP contribution in [0.2, 0.25) is 0 Å². The summed E-state index contributed by atoms with van der Waals surface area (Å²) in [6, 6.07) is 7.55. The van der Waals surface area contributed by atoms with Crippen LogP contribution in [0.25, 0.3) is 0 Å². The van der Waals surface area contributed by atoms with E-state index in [0.29, 0.717) is 37.6 Å².